The number of halogens is 2. The van der Waals surface area contributed by atoms with Gasteiger partial charge in [0.05, 0.1) is 0 Å². The van der Waals surface area contributed by atoms with Gasteiger partial charge in [-0.3, -0.25) is 0 Å². The normalized spacial score (nSPS) is 12.2. The third-order valence-electron chi connectivity index (χ3n) is 2.43. The highest BCUT2D eigenvalue weighted by Crippen LogP contribution is 2.20. The summed E-state index contributed by atoms with van der Waals surface area (Å²) >= 11 is 5.91. The molecule has 1 unspecified atom stereocenters. The molecule has 4 heteroatoms. The van der Waals surface area contributed by atoms with Gasteiger partial charge >= 0.3 is 0 Å². The van der Waals surface area contributed by atoms with Crippen LogP contribution in [0.15, 0.2) is 42.5 Å². The maximum absolute atomic E-state index is 12.9. The van der Waals surface area contributed by atoms with E-state index in [0.717, 1.165) is 5.56 Å². The number of rotatable bonds is 3. The maximum Gasteiger partial charge on any atom is 0.214 e. The van der Waals surface area contributed by atoms with Crippen molar-refractivity contribution in [3.05, 3.63) is 59.0 Å². The second kappa shape index (κ2) is 5.15. The zero-order valence-corrected chi connectivity index (χ0v) is 10.1. The fraction of sp³-hybridized carbons (Fsp3) is 0.154. The van der Waals surface area contributed by atoms with Gasteiger partial charge in [0.25, 0.3) is 0 Å². The Morgan fingerprint density at radius 3 is 2.71 bits per heavy atom. The van der Waals surface area contributed by atoms with Crippen LogP contribution in [-0.2, 0) is 0 Å². The van der Waals surface area contributed by atoms with E-state index in [9.17, 15) is 4.39 Å². The minimum Gasteiger partial charge on any atom is -0.363 e. The van der Waals surface area contributed by atoms with E-state index in [1.165, 1.54) is 6.07 Å². The summed E-state index contributed by atoms with van der Waals surface area (Å²) in [5.74, 6) is 0.0192. The highest BCUT2D eigenvalue weighted by atomic mass is 35.5. The van der Waals surface area contributed by atoms with E-state index in [1.54, 1.807) is 12.1 Å². The van der Waals surface area contributed by atoms with Crippen molar-refractivity contribution in [3.8, 4) is 0 Å². The number of benzene rings is 1. The lowest BCUT2D eigenvalue weighted by Crippen LogP contribution is -2.08. The Kier molecular flexibility index (Phi) is 3.59. The van der Waals surface area contributed by atoms with Crippen molar-refractivity contribution in [2.45, 2.75) is 13.0 Å². The average molecular weight is 251 g/mol. The van der Waals surface area contributed by atoms with Crippen LogP contribution in [0.25, 0.3) is 0 Å². The van der Waals surface area contributed by atoms with E-state index >= 15 is 0 Å². The lowest BCUT2D eigenvalue weighted by atomic mass is 10.1. The predicted molar refractivity (Wildman–Crippen MR) is 67.7 cm³/mol. The van der Waals surface area contributed by atoms with E-state index in [4.69, 9.17) is 11.6 Å². The molecule has 88 valence electrons. The van der Waals surface area contributed by atoms with Crippen molar-refractivity contribution >= 4 is 17.4 Å². The molecule has 17 heavy (non-hydrogen) atoms. The highest BCUT2D eigenvalue weighted by molar-refractivity contribution is 6.30. The van der Waals surface area contributed by atoms with Crippen molar-refractivity contribution in [1.82, 2.24) is 4.98 Å². The average Bonchev–Trinajstić information content (AvgIpc) is 2.29. The molecule has 1 heterocycles. The zero-order valence-electron chi connectivity index (χ0n) is 9.32. The van der Waals surface area contributed by atoms with Gasteiger partial charge in [-0.1, -0.05) is 29.8 Å². The van der Waals surface area contributed by atoms with Gasteiger partial charge in [-0.15, -0.1) is 0 Å². The molecule has 1 N–H and O–H groups in total. The SMILES string of the molecule is CC(Nc1cccc(F)n1)c1cccc(Cl)c1. The zero-order chi connectivity index (χ0) is 12.3. The van der Waals surface area contributed by atoms with E-state index in [0.29, 0.717) is 10.8 Å². The van der Waals surface area contributed by atoms with Crippen molar-refractivity contribution < 1.29 is 4.39 Å². The van der Waals surface area contributed by atoms with Crippen LogP contribution in [0.3, 0.4) is 0 Å². The summed E-state index contributed by atoms with van der Waals surface area (Å²) in [7, 11) is 0. The number of nitrogens with one attached hydrogen (secondary N) is 1. The van der Waals surface area contributed by atoms with Gasteiger partial charge in [-0.25, -0.2) is 4.98 Å². The van der Waals surface area contributed by atoms with E-state index in [1.807, 2.05) is 31.2 Å². The van der Waals surface area contributed by atoms with Crippen molar-refractivity contribution in [2.24, 2.45) is 0 Å². The summed E-state index contributed by atoms with van der Waals surface area (Å²) < 4.78 is 12.9. The van der Waals surface area contributed by atoms with Crippen LogP contribution in [0, 0.1) is 5.95 Å². The van der Waals surface area contributed by atoms with Gasteiger partial charge in [0.2, 0.25) is 5.95 Å². The Balaban J connectivity index is 2.14. The largest absolute Gasteiger partial charge is 0.363 e. The van der Waals surface area contributed by atoms with E-state index in [2.05, 4.69) is 10.3 Å². The maximum atomic E-state index is 12.9. The molecule has 0 saturated heterocycles. The van der Waals surface area contributed by atoms with Crippen LogP contribution in [0.2, 0.25) is 5.02 Å². The third kappa shape index (κ3) is 3.17. The molecule has 0 saturated carbocycles. The molecule has 2 aromatic rings. The number of hydrogen-bond acceptors (Lipinski definition) is 2. The summed E-state index contributed by atoms with van der Waals surface area (Å²) in [4.78, 5) is 3.75. The molecule has 1 atom stereocenters. The molecule has 0 fully saturated rings. The summed E-state index contributed by atoms with van der Waals surface area (Å²) in [6.07, 6.45) is 0. The summed E-state index contributed by atoms with van der Waals surface area (Å²) in [5, 5.41) is 3.80. The monoisotopic (exact) mass is 250 g/mol. The quantitative estimate of drug-likeness (QED) is 0.832. The molecule has 0 radical (unpaired) electrons. The van der Waals surface area contributed by atoms with Crippen LogP contribution in [0.1, 0.15) is 18.5 Å². The smallest absolute Gasteiger partial charge is 0.214 e. The minimum atomic E-state index is -0.492. The van der Waals surface area contributed by atoms with Crippen LogP contribution in [0.4, 0.5) is 10.2 Å². The Labute approximate surface area is 104 Å². The van der Waals surface area contributed by atoms with Crippen LogP contribution in [0.5, 0.6) is 0 Å². The van der Waals surface area contributed by atoms with Crippen LogP contribution >= 0.6 is 11.6 Å². The summed E-state index contributed by atoms with van der Waals surface area (Å²) in [6.45, 7) is 1.97. The van der Waals surface area contributed by atoms with Gasteiger partial charge in [0, 0.05) is 11.1 Å². The third-order valence-corrected chi connectivity index (χ3v) is 2.66. The first-order chi connectivity index (χ1) is 8.15. The molecular weight excluding hydrogens is 239 g/mol. The molecule has 0 aliphatic heterocycles. The van der Waals surface area contributed by atoms with E-state index in [-0.39, 0.29) is 6.04 Å². The lowest BCUT2D eigenvalue weighted by Gasteiger charge is -2.15. The molecule has 0 aliphatic carbocycles. The molecule has 0 bridgehead atoms. The van der Waals surface area contributed by atoms with Crippen molar-refractivity contribution in [1.29, 1.82) is 0 Å². The Hall–Kier alpha value is -1.61. The second-order valence-corrected chi connectivity index (χ2v) is 4.20. The number of pyridine rings is 1. The standard InChI is InChI=1S/C13H12ClFN2/c1-9(10-4-2-5-11(14)8-10)16-13-7-3-6-12(15)17-13/h2-9H,1H3,(H,16,17). The predicted octanol–water partition coefficient (Wildman–Crippen LogP) is 4.05. The minimum absolute atomic E-state index is 0.0167. The Morgan fingerprint density at radius 1 is 1.24 bits per heavy atom. The van der Waals surface area contributed by atoms with Crippen molar-refractivity contribution in [2.75, 3.05) is 5.32 Å². The second-order valence-electron chi connectivity index (χ2n) is 3.77. The van der Waals surface area contributed by atoms with Gasteiger partial charge < -0.3 is 5.32 Å². The van der Waals surface area contributed by atoms with Gasteiger partial charge in [0.15, 0.2) is 0 Å². The molecule has 0 amide bonds. The van der Waals surface area contributed by atoms with Gasteiger partial charge in [0.1, 0.15) is 5.82 Å². The molecule has 1 aromatic heterocycles. The van der Waals surface area contributed by atoms with Gasteiger partial charge in [-0.2, -0.15) is 4.39 Å². The first-order valence-corrected chi connectivity index (χ1v) is 5.67. The number of anilines is 1. The first-order valence-electron chi connectivity index (χ1n) is 5.30. The van der Waals surface area contributed by atoms with Crippen LogP contribution < -0.4 is 5.32 Å². The highest BCUT2D eigenvalue weighted by Gasteiger charge is 2.06. The fourth-order valence-corrected chi connectivity index (χ4v) is 1.77. The molecule has 2 nitrogen and oxygen atoms in total. The topological polar surface area (TPSA) is 24.9 Å². The number of nitrogens with zero attached hydrogens (tertiary/aromatic N) is 1. The molecule has 0 spiro atoms. The number of hydrogen-bond donors (Lipinski definition) is 1. The van der Waals surface area contributed by atoms with Crippen LogP contribution in [-0.4, -0.2) is 4.98 Å². The molecule has 1 aromatic carbocycles. The summed E-state index contributed by atoms with van der Waals surface area (Å²) in [5.41, 5.74) is 1.03. The number of aromatic nitrogens is 1. The van der Waals surface area contributed by atoms with Gasteiger partial charge in [-0.05, 0) is 36.8 Å². The lowest BCUT2D eigenvalue weighted by molar-refractivity contribution is 0.584. The first kappa shape index (κ1) is 11.9. The molecular formula is C13H12ClFN2. The molecule has 2 rings (SSSR count). The van der Waals surface area contributed by atoms with E-state index < -0.39 is 5.95 Å². The Bertz CT molecular complexity index is 516. The Morgan fingerprint density at radius 2 is 2.00 bits per heavy atom. The summed E-state index contributed by atoms with van der Waals surface area (Å²) in [6, 6.07) is 12.2. The van der Waals surface area contributed by atoms with Crippen molar-refractivity contribution in [3.63, 3.8) is 0 Å². The molecule has 0 aliphatic rings. The fourth-order valence-electron chi connectivity index (χ4n) is 1.57.